The molecular formula is C21H27N5O3. The summed E-state index contributed by atoms with van der Waals surface area (Å²) in [6, 6.07) is 3.40. The van der Waals surface area contributed by atoms with Crippen molar-refractivity contribution < 1.29 is 14.4 Å². The summed E-state index contributed by atoms with van der Waals surface area (Å²) in [6.07, 6.45) is 6.23. The molecule has 0 atom stereocenters. The predicted molar refractivity (Wildman–Crippen MR) is 107 cm³/mol. The number of piperidine rings is 1. The number of urea groups is 1. The quantitative estimate of drug-likeness (QED) is 0.742. The van der Waals surface area contributed by atoms with E-state index in [2.05, 4.69) is 4.98 Å². The highest BCUT2D eigenvalue weighted by Gasteiger charge is 2.57. The maximum absolute atomic E-state index is 13.1. The number of imidazole rings is 1. The second-order valence-electron chi connectivity index (χ2n) is 8.27. The van der Waals surface area contributed by atoms with Gasteiger partial charge in [-0.25, -0.2) is 9.78 Å². The lowest BCUT2D eigenvalue weighted by Gasteiger charge is -2.42. The first-order chi connectivity index (χ1) is 13.9. The maximum Gasteiger partial charge on any atom is 0.327 e. The molecule has 0 aromatic carbocycles. The summed E-state index contributed by atoms with van der Waals surface area (Å²) >= 11 is 0. The van der Waals surface area contributed by atoms with Crippen molar-refractivity contribution in [3.8, 4) is 0 Å². The summed E-state index contributed by atoms with van der Waals surface area (Å²) in [5.41, 5.74) is 0.565. The van der Waals surface area contributed by atoms with E-state index in [4.69, 9.17) is 0 Å². The Morgan fingerprint density at radius 3 is 2.59 bits per heavy atom. The number of hydrogen-bond donors (Lipinski definition) is 0. The SMILES string of the molecule is CCN1C(=O)N(CC(C)C)C2(CCN(C(=O)c3ccc4nccn4c3)CC2)C1=O. The fourth-order valence-corrected chi connectivity index (χ4v) is 4.47. The van der Waals surface area contributed by atoms with Crippen molar-refractivity contribution in [2.75, 3.05) is 26.2 Å². The Hall–Kier alpha value is -2.90. The normalized spacial score (nSPS) is 19.2. The van der Waals surface area contributed by atoms with Gasteiger partial charge in [0.1, 0.15) is 11.2 Å². The van der Waals surface area contributed by atoms with Crippen LogP contribution in [0.25, 0.3) is 5.65 Å². The molecule has 0 unspecified atom stereocenters. The standard InChI is InChI=1S/C21H27N5O3/c1-4-25-19(28)21(26(20(25)29)13-15(2)3)7-10-23(11-8-21)18(27)16-5-6-17-22-9-12-24(17)14-16/h5-6,9,12,14-15H,4,7-8,10-11,13H2,1-3H3. The van der Waals surface area contributed by atoms with Gasteiger partial charge in [-0.05, 0) is 37.8 Å². The highest BCUT2D eigenvalue weighted by molar-refractivity contribution is 6.07. The van der Waals surface area contributed by atoms with E-state index < -0.39 is 5.54 Å². The average molecular weight is 397 g/mol. The molecule has 4 amide bonds. The molecule has 0 N–H and O–H groups in total. The van der Waals surface area contributed by atoms with Crippen LogP contribution in [0, 0.1) is 5.92 Å². The zero-order chi connectivity index (χ0) is 20.8. The minimum absolute atomic E-state index is 0.0602. The van der Waals surface area contributed by atoms with E-state index in [1.807, 2.05) is 37.4 Å². The number of aromatic nitrogens is 2. The lowest BCUT2D eigenvalue weighted by atomic mass is 9.85. The third-order valence-corrected chi connectivity index (χ3v) is 6.00. The van der Waals surface area contributed by atoms with Gasteiger partial charge in [0.25, 0.3) is 11.8 Å². The van der Waals surface area contributed by atoms with E-state index in [-0.39, 0.29) is 23.8 Å². The molecule has 8 heteroatoms. The molecule has 0 aliphatic carbocycles. The Balaban J connectivity index is 1.54. The fourth-order valence-electron chi connectivity index (χ4n) is 4.47. The number of pyridine rings is 1. The Labute approximate surface area is 170 Å². The zero-order valence-corrected chi connectivity index (χ0v) is 17.2. The molecule has 2 saturated heterocycles. The van der Waals surface area contributed by atoms with Crippen LogP contribution in [-0.2, 0) is 4.79 Å². The summed E-state index contributed by atoms with van der Waals surface area (Å²) in [5, 5.41) is 0. The summed E-state index contributed by atoms with van der Waals surface area (Å²) in [5.74, 6) is 0.0922. The molecule has 1 spiro atoms. The average Bonchev–Trinajstić information content (AvgIpc) is 3.25. The number of likely N-dealkylation sites (N-methyl/N-ethyl adjacent to an activating group) is 1. The summed E-state index contributed by atoms with van der Waals surface area (Å²) < 4.78 is 1.82. The minimum atomic E-state index is -0.817. The van der Waals surface area contributed by atoms with Gasteiger partial charge < -0.3 is 14.2 Å². The number of imide groups is 1. The van der Waals surface area contributed by atoms with E-state index >= 15 is 0 Å². The molecule has 0 bridgehead atoms. The molecule has 154 valence electrons. The number of rotatable bonds is 4. The van der Waals surface area contributed by atoms with Crippen molar-refractivity contribution in [2.24, 2.45) is 5.92 Å². The third kappa shape index (κ3) is 3.07. The highest BCUT2D eigenvalue weighted by Crippen LogP contribution is 2.38. The lowest BCUT2D eigenvalue weighted by molar-refractivity contribution is -0.135. The Kier molecular flexibility index (Phi) is 4.80. The van der Waals surface area contributed by atoms with Crippen molar-refractivity contribution in [3.05, 3.63) is 36.3 Å². The van der Waals surface area contributed by atoms with E-state index in [1.54, 1.807) is 28.3 Å². The number of likely N-dealkylation sites (tertiary alicyclic amines) is 1. The monoisotopic (exact) mass is 397 g/mol. The van der Waals surface area contributed by atoms with Gasteiger partial charge in [-0.15, -0.1) is 0 Å². The fraction of sp³-hybridized carbons (Fsp3) is 0.524. The summed E-state index contributed by atoms with van der Waals surface area (Å²) in [7, 11) is 0. The van der Waals surface area contributed by atoms with Crippen LogP contribution >= 0.6 is 0 Å². The number of carbonyl (C=O) groups excluding carboxylic acids is 3. The zero-order valence-electron chi connectivity index (χ0n) is 17.2. The maximum atomic E-state index is 13.1. The molecule has 0 radical (unpaired) electrons. The van der Waals surface area contributed by atoms with Gasteiger partial charge >= 0.3 is 6.03 Å². The highest BCUT2D eigenvalue weighted by atomic mass is 16.2. The van der Waals surface area contributed by atoms with Crippen molar-refractivity contribution >= 4 is 23.5 Å². The molecule has 4 rings (SSSR count). The van der Waals surface area contributed by atoms with Gasteiger partial charge in [0.05, 0.1) is 5.56 Å². The molecule has 2 aliphatic rings. The topological polar surface area (TPSA) is 78.2 Å². The molecule has 4 heterocycles. The Bertz CT molecular complexity index is 958. The van der Waals surface area contributed by atoms with Crippen molar-refractivity contribution in [1.29, 1.82) is 0 Å². The van der Waals surface area contributed by atoms with Crippen LogP contribution in [0.4, 0.5) is 4.79 Å². The van der Waals surface area contributed by atoms with E-state index in [9.17, 15) is 14.4 Å². The molecule has 8 nitrogen and oxygen atoms in total. The molecule has 2 fully saturated rings. The summed E-state index contributed by atoms with van der Waals surface area (Å²) in [4.78, 5) is 48.1. The number of hydrogen-bond acceptors (Lipinski definition) is 4. The first-order valence-electron chi connectivity index (χ1n) is 10.2. The van der Waals surface area contributed by atoms with Gasteiger partial charge in [0.2, 0.25) is 0 Å². The van der Waals surface area contributed by atoms with Crippen molar-refractivity contribution in [2.45, 2.75) is 39.2 Å². The largest absolute Gasteiger partial charge is 0.338 e. The van der Waals surface area contributed by atoms with Crippen LogP contribution in [-0.4, -0.2) is 73.6 Å². The van der Waals surface area contributed by atoms with Crippen LogP contribution in [0.15, 0.2) is 30.7 Å². The minimum Gasteiger partial charge on any atom is -0.338 e. The number of fused-ring (bicyclic) bond motifs is 1. The molecule has 29 heavy (non-hydrogen) atoms. The lowest BCUT2D eigenvalue weighted by Crippen LogP contribution is -2.58. The Morgan fingerprint density at radius 1 is 1.21 bits per heavy atom. The number of carbonyl (C=O) groups is 3. The second kappa shape index (κ2) is 7.17. The molecule has 2 aromatic rings. The van der Waals surface area contributed by atoms with Gasteiger partial charge in [0, 0.05) is 44.8 Å². The van der Waals surface area contributed by atoms with Crippen molar-refractivity contribution in [1.82, 2.24) is 24.1 Å². The molecule has 0 saturated carbocycles. The summed E-state index contributed by atoms with van der Waals surface area (Å²) in [6.45, 7) is 7.75. The van der Waals surface area contributed by atoms with Gasteiger partial charge in [0.15, 0.2) is 0 Å². The molecular weight excluding hydrogens is 370 g/mol. The van der Waals surface area contributed by atoms with Crippen LogP contribution in [0.3, 0.4) is 0 Å². The van der Waals surface area contributed by atoms with E-state index in [0.29, 0.717) is 44.6 Å². The number of nitrogens with zero attached hydrogens (tertiary/aromatic N) is 5. The predicted octanol–water partition coefficient (Wildman–Crippen LogP) is 2.25. The van der Waals surface area contributed by atoms with Gasteiger partial charge in [-0.3, -0.25) is 14.5 Å². The van der Waals surface area contributed by atoms with Crippen LogP contribution < -0.4 is 0 Å². The van der Waals surface area contributed by atoms with Gasteiger partial charge in [-0.1, -0.05) is 13.8 Å². The van der Waals surface area contributed by atoms with Crippen LogP contribution in [0.1, 0.15) is 44.0 Å². The van der Waals surface area contributed by atoms with Crippen molar-refractivity contribution in [3.63, 3.8) is 0 Å². The first-order valence-corrected chi connectivity index (χ1v) is 10.2. The van der Waals surface area contributed by atoms with E-state index in [0.717, 1.165) is 5.65 Å². The molecule has 2 aliphatic heterocycles. The van der Waals surface area contributed by atoms with E-state index in [1.165, 1.54) is 4.90 Å². The van der Waals surface area contributed by atoms with Gasteiger partial charge in [-0.2, -0.15) is 0 Å². The Morgan fingerprint density at radius 2 is 1.93 bits per heavy atom. The van der Waals surface area contributed by atoms with Crippen LogP contribution in [0.5, 0.6) is 0 Å². The van der Waals surface area contributed by atoms with Crippen LogP contribution in [0.2, 0.25) is 0 Å². The smallest absolute Gasteiger partial charge is 0.327 e. The number of amides is 4. The molecule has 2 aromatic heterocycles. The first kappa shape index (κ1) is 19.4. The second-order valence-corrected chi connectivity index (χ2v) is 8.27. The third-order valence-electron chi connectivity index (χ3n) is 6.00.